The number of rotatable bonds is 3. The van der Waals surface area contributed by atoms with E-state index in [1.807, 2.05) is 0 Å². The first-order valence-corrected chi connectivity index (χ1v) is 7.05. The van der Waals surface area contributed by atoms with Crippen LogP contribution in [0.15, 0.2) is 0 Å². The average Bonchev–Trinajstić information content (AvgIpc) is 2.42. The van der Waals surface area contributed by atoms with Gasteiger partial charge in [-0.25, -0.2) is 13.2 Å². The Bertz CT molecular complexity index is 353. The first-order chi connectivity index (χ1) is 7.41. The Kier molecular flexibility index (Phi) is 4.15. The second-order valence-corrected chi connectivity index (χ2v) is 5.85. The molecule has 7 heteroatoms. The number of likely N-dealkylation sites (N-methyl/N-ethyl adjacent to an activating group) is 1. The molecular formula is C9H17NO5S. The van der Waals surface area contributed by atoms with Crippen LogP contribution in [0, 0.1) is 0 Å². The van der Waals surface area contributed by atoms with Crippen molar-refractivity contribution in [2.24, 2.45) is 0 Å². The van der Waals surface area contributed by atoms with Crippen LogP contribution in [0.4, 0.5) is 4.79 Å². The van der Waals surface area contributed by atoms with E-state index in [-0.39, 0.29) is 18.1 Å². The van der Waals surface area contributed by atoms with Crippen molar-refractivity contribution >= 4 is 15.9 Å². The Balaban J connectivity index is 2.78. The largest absolute Gasteiger partial charge is 0.450 e. The topological polar surface area (TPSA) is 83.9 Å². The Morgan fingerprint density at radius 3 is 2.44 bits per heavy atom. The molecule has 0 radical (unpaired) electrons. The van der Waals surface area contributed by atoms with E-state index in [0.29, 0.717) is 6.54 Å². The molecule has 0 bridgehead atoms. The van der Waals surface area contributed by atoms with Crippen molar-refractivity contribution in [2.45, 2.75) is 26.0 Å². The lowest BCUT2D eigenvalue weighted by Gasteiger charge is -2.27. The molecule has 1 amide bonds. The molecule has 0 aliphatic carbocycles. The van der Waals surface area contributed by atoms with Crippen LogP contribution in [0.5, 0.6) is 0 Å². The van der Waals surface area contributed by atoms with E-state index >= 15 is 0 Å². The number of amides is 1. The molecule has 0 spiro atoms. The number of hydrogen-bond acceptors (Lipinski definition) is 5. The van der Waals surface area contributed by atoms with Gasteiger partial charge < -0.3 is 14.7 Å². The predicted octanol–water partition coefficient (Wildman–Crippen LogP) is -0.377. The zero-order chi connectivity index (χ0) is 12.3. The van der Waals surface area contributed by atoms with Crippen LogP contribution in [-0.2, 0) is 14.6 Å². The summed E-state index contributed by atoms with van der Waals surface area (Å²) in [6, 6.07) is -0.686. The van der Waals surface area contributed by atoms with Crippen LogP contribution in [0.1, 0.15) is 13.8 Å². The summed E-state index contributed by atoms with van der Waals surface area (Å²) in [6.45, 7) is 3.93. The standard InChI is InChI=1S/C9H17NO5S/c1-3-10(9(12)15-4-2)7-5-16(13,14)6-8(7)11/h7-8,11H,3-6H2,1-2H3/t7-,8+/m1/s1. The second kappa shape index (κ2) is 5.01. The lowest BCUT2D eigenvalue weighted by Crippen LogP contribution is -2.46. The van der Waals surface area contributed by atoms with Gasteiger partial charge in [-0.05, 0) is 13.8 Å². The molecular weight excluding hydrogens is 234 g/mol. The maximum Gasteiger partial charge on any atom is 0.410 e. The number of ether oxygens (including phenoxy) is 1. The Morgan fingerprint density at radius 2 is 2.06 bits per heavy atom. The summed E-state index contributed by atoms with van der Waals surface area (Å²) in [4.78, 5) is 12.8. The minimum atomic E-state index is -3.25. The SMILES string of the molecule is CCOC(=O)N(CC)[C@@H]1CS(=O)(=O)C[C@@H]1O. The van der Waals surface area contributed by atoms with Gasteiger partial charge in [0.25, 0.3) is 0 Å². The zero-order valence-electron chi connectivity index (χ0n) is 9.42. The third-order valence-corrected chi connectivity index (χ3v) is 4.24. The van der Waals surface area contributed by atoms with Gasteiger partial charge in [0.2, 0.25) is 0 Å². The van der Waals surface area contributed by atoms with E-state index in [2.05, 4.69) is 0 Å². The summed E-state index contributed by atoms with van der Waals surface area (Å²) >= 11 is 0. The van der Waals surface area contributed by atoms with Crippen molar-refractivity contribution in [3.63, 3.8) is 0 Å². The molecule has 0 aromatic heterocycles. The molecule has 0 aromatic carbocycles. The van der Waals surface area contributed by atoms with Gasteiger partial charge >= 0.3 is 6.09 Å². The molecule has 0 aromatic rings. The van der Waals surface area contributed by atoms with E-state index in [4.69, 9.17) is 4.74 Å². The van der Waals surface area contributed by atoms with E-state index in [1.165, 1.54) is 4.90 Å². The molecule has 94 valence electrons. The highest BCUT2D eigenvalue weighted by Crippen LogP contribution is 2.19. The summed E-state index contributed by atoms with van der Waals surface area (Å²) in [5.41, 5.74) is 0. The number of aliphatic hydroxyl groups excluding tert-OH is 1. The molecule has 1 aliphatic heterocycles. The minimum absolute atomic E-state index is 0.194. The van der Waals surface area contributed by atoms with Gasteiger partial charge in [-0.3, -0.25) is 0 Å². The van der Waals surface area contributed by atoms with Gasteiger partial charge in [-0.1, -0.05) is 0 Å². The highest BCUT2D eigenvalue weighted by molar-refractivity contribution is 7.91. The molecule has 2 atom stereocenters. The number of aliphatic hydroxyl groups is 1. The fraction of sp³-hybridized carbons (Fsp3) is 0.889. The molecule has 1 aliphatic rings. The number of sulfone groups is 1. The van der Waals surface area contributed by atoms with Gasteiger partial charge in [0.05, 0.1) is 30.3 Å². The van der Waals surface area contributed by atoms with Crippen molar-refractivity contribution in [3.8, 4) is 0 Å². The number of carbonyl (C=O) groups is 1. The molecule has 1 heterocycles. The third kappa shape index (κ3) is 2.85. The highest BCUT2D eigenvalue weighted by atomic mass is 32.2. The third-order valence-electron chi connectivity index (χ3n) is 2.54. The van der Waals surface area contributed by atoms with Crippen molar-refractivity contribution in [2.75, 3.05) is 24.7 Å². The van der Waals surface area contributed by atoms with Crippen molar-refractivity contribution in [3.05, 3.63) is 0 Å². The molecule has 1 N–H and O–H groups in total. The molecule has 0 unspecified atom stereocenters. The highest BCUT2D eigenvalue weighted by Gasteiger charge is 2.41. The summed E-state index contributed by atoms with van der Waals surface area (Å²) in [5.74, 6) is -0.478. The Labute approximate surface area is 95.1 Å². The molecule has 0 saturated carbocycles. The smallest absolute Gasteiger partial charge is 0.410 e. The molecule has 1 saturated heterocycles. The quantitative estimate of drug-likeness (QED) is 0.739. The fourth-order valence-corrected chi connectivity index (χ4v) is 3.61. The monoisotopic (exact) mass is 251 g/mol. The summed E-state index contributed by atoms with van der Waals surface area (Å²) in [5, 5.41) is 9.61. The van der Waals surface area contributed by atoms with Crippen LogP contribution in [-0.4, -0.2) is 61.3 Å². The summed E-state index contributed by atoms with van der Waals surface area (Å²) < 4.78 is 27.4. The Hall–Kier alpha value is -0.820. The van der Waals surface area contributed by atoms with Gasteiger partial charge in [0, 0.05) is 6.54 Å². The van der Waals surface area contributed by atoms with Crippen molar-refractivity contribution < 1.29 is 23.1 Å². The van der Waals surface area contributed by atoms with E-state index in [9.17, 15) is 18.3 Å². The molecule has 16 heavy (non-hydrogen) atoms. The minimum Gasteiger partial charge on any atom is -0.450 e. The van der Waals surface area contributed by atoms with Gasteiger partial charge in [0.1, 0.15) is 0 Å². The van der Waals surface area contributed by atoms with Gasteiger partial charge in [-0.15, -0.1) is 0 Å². The van der Waals surface area contributed by atoms with Crippen LogP contribution in [0.2, 0.25) is 0 Å². The van der Waals surface area contributed by atoms with E-state index < -0.39 is 28.1 Å². The first kappa shape index (κ1) is 13.2. The van der Waals surface area contributed by atoms with Crippen molar-refractivity contribution in [1.82, 2.24) is 4.90 Å². The van der Waals surface area contributed by atoms with E-state index in [0.717, 1.165) is 0 Å². The maximum atomic E-state index is 11.5. The van der Waals surface area contributed by atoms with Crippen LogP contribution < -0.4 is 0 Å². The lowest BCUT2D eigenvalue weighted by molar-refractivity contribution is 0.0587. The van der Waals surface area contributed by atoms with Gasteiger partial charge in [0.15, 0.2) is 9.84 Å². The van der Waals surface area contributed by atoms with Crippen LogP contribution >= 0.6 is 0 Å². The number of hydrogen-bond donors (Lipinski definition) is 1. The second-order valence-electron chi connectivity index (χ2n) is 3.70. The van der Waals surface area contributed by atoms with E-state index in [1.54, 1.807) is 13.8 Å². The number of nitrogens with zero attached hydrogens (tertiary/aromatic N) is 1. The fourth-order valence-electron chi connectivity index (χ4n) is 1.81. The maximum absolute atomic E-state index is 11.5. The predicted molar refractivity (Wildman–Crippen MR) is 57.9 cm³/mol. The summed E-state index contributed by atoms with van der Waals surface area (Å²) in [7, 11) is -3.25. The summed E-state index contributed by atoms with van der Waals surface area (Å²) in [6.07, 6.45) is -1.60. The average molecular weight is 251 g/mol. The molecule has 1 fully saturated rings. The molecule has 6 nitrogen and oxygen atoms in total. The lowest BCUT2D eigenvalue weighted by atomic mass is 10.2. The zero-order valence-corrected chi connectivity index (χ0v) is 10.2. The first-order valence-electron chi connectivity index (χ1n) is 5.23. The van der Waals surface area contributed by atoms with Crippen molar-refractivity contribution in [1.29, 1.82) is 0 Å². The number of carbonyl (C=O) groups excluding carboxylic acids is 1. The van der Waals surface area contributed by atoms with Gasteiger partial charge in [-0.2, -0.15) is 0 Å². The van der Waals surface area contributed by atoms with Crippen LogP contribution in [0.3, 0.4) is 0 Å². The normalized spacial score (nSPS) is 27.7. The molecule has 1 rings (SSSR count). The van der Waals surface area contributed by atoms with Crippen LogP contribution in [0.25, 0.3) is 0 Å². The Morgan fingerprint density at radius 1 is 1.44 bits per heavy atom.